The summed E-state index contributed by atoms with van der Waals surface area (Å²) in [7, 11) is 0. The molecule has 1 aromatic carbocycles. The molecule has 1 aromatic rings. The van der Waals surface area contributed by atoms with Crippen LogP contribution in [0.5, 0.6) is 0 Å². The Morgan fingerprint density at radius 1 is 1.22 bits per heavy atom. The van der Waals surface area contributed by atoms with Crippen LogP contribution in [0, 0.1) is 12.7 Å². The Balaban J connectivity index is 0.00000364. The van der Waals surface area contributed by atoms with Crippen LogP contribution >= 0.6 is 24.0 Å². The smallest absolute Gasteiger partial charge is 0.221 e. The maximum absolute atomic E-state index is 13.3. The third-order valence-corrected chi connectivity index (χ3v) is 4.60. The maximum atomic E-state index is 13.3. The molecule has 152 valence electrons. The molecule has 0 radical (unpaired) electrons. The molecule has 5 nitrogen and oxygen atoms in total. The van der Waals surface area contributed by atoms with Gasteiger partial charge in [-0.15, -0.1) is 24.0 Å². The van der Waals surface area contributed by atoms with Gasteiger partial charge in [0, 0.05) is 25.6 Å². The SMILES string of the molecule is CCNC(=NCc1ccc(F)c(C)c1)NCCC(=O)NC1CCCCC1.I. The van der Waals surface area contributed by atoms with E-state index in [0.717, 1.165) is 24.9 Å². The van der Waals surface area contributed by atoms with Crippen LogP contribution in [0.1, 0.15) is 56.6 Å². The Morgan fingerprint density at radius 3 is 2.63 bits per heavy atom. The van der Waals surface area contributed by atoms with Crippen LogP contribution < -0.4 is 16.0 Å². The largest absolute Gasteiger partial charge is 0.357 e. The molecule has 1 fully saturated rings. The molecule has 0 aromatic heterocycles. The molecule has 0 spiro atoms. The van der Waals surface area contributed by atoms with E-state index in [-0.39, 0.29) is 35.7 Å². The van der Waals surface area contributed by atoms with E-state index < -0.39 is 0 Å². The second kappa shape index (κ2) is 12.9. The van der Waals surface area contributed by atoms with Crippen LogP contribution in [0.2, 0.25) is 0 Å². The minimum absolute atomic E-state index is 0. The number of aryl methyl sites for hydroxylation is 1. The van der Waals surface area contributed by atoms with Crippen molar-refractivity contribution in [3.05, 3.63) is 35.1 Å². The van der Waals surface area contributed by atoms with Crippen LogP contribution in [0.3, 0.4) is 0 Å². The van der Waals surface area contributed by atoms with E-state index in [4.69, 9.17) is 0 Å². The number of nitrogens with one attached hydrogen (secondary N) is 3. The van der Waals surface area contributed by atoms with E-state index in [1.54, 1.807) is 19.1 Å². The van der Waals surface area contributed by atoms with Crippen molar-refractivity contribution in [2.24, 2.45) is 4.99 Å². The molecule has 1 aliphatic rings. The Bertz CT molecular complexity index is 618. The predicted molar refractivity (Wildman–Crippen MR) is 119 cm³/mol. The van der Waals surface area contributed by atoms with Crippen LogP contribution in [-0.4, -0.2) is 31.0 Å². The van der Waals surface area contributed by atoms with Crippen molar-refractivity contribution in [1.82, 2.24) is 16.0 Å². The van der Waals surface area contributed by atoms with E-state index in [9.17, 15) is 9.18 Å². The van der Waals surface area contributed by atoms with Crippen molar-refractivity contribution in [3.63, 3.8) is 0 Å². The lowest BCUT2D eigenvalue weighted by Crippen LogP contribution is -2.41. The lowest BCUT2D eigenvalue weighted by atomic mass is 9.95. The first kappa shape index (κ1) is 23.7. The zero-order valence-corrected chi connectivity index (χ0v) is 18.6. The monoisotopic (exact) mass is 490 g/mol. The highest BCUT2D eigenvalue weighted by Crippen LogP contribution is 2.17. The molecular formula is C20H32FIN4O. The number of aliphatic imine (C=N–C) groups is 1. The predicted octanol–water partition coefficient (Wildman–Crippen LogP) is 3.65. The first-order chi connectivity index (χ1) is 12.6. The summed E-state index contributed by atoms with van der Waals surface area (Å²) in [4.78, 5) is 16.6. The number of benzene rings is 1. The second-order valence-electron chi connectivity index (χ2n) is 6.86. The number of nitrogens with zero attached hydrogens (tertiary/aromatic N) is 1. The van der Waals surface area contributed by atoms with Gasteiger partial charge < -0.3 is 16.0 Å². The van der Waals surface area contributed by atoms with Gasteiger partial charge in [-0.2, -0.15) is 0 Å². The summed E-state index contributed by atoms with van der Waals surface area (Å²) in [6.45, 7) is 5.48. The van der Waals surface area contributed by atoms with E-state index in [1.807, 2.05) is 6.92 Å². The summed E-state index contributed by atoms with van der Waals surface area (Å²) >= 11 is 0. The average molecular weight is 490 g/mol. The lowest BCUT2D eigenvalue weighted by molar-refractivity contribution is -0.121. The molecule has 7 heteroatoms. The van der Waals surface area contributed by atoms with E-state index in [2.05, 4.69) is 20.9 Å². The summed E-state index contributed by atoms with van der Waals surface area (Å²) in [6.07, 6.45) is 6.33. The van der Waals surface area contributed by atoms with Crippen molar-refractivity contribution in [1.29, 1.82) is 0 Å². The standard InChI is InChI=1S/C20H31FN4O.HI/c1-3-22-20(24-14-16-9-10-18(21)15(2)13-16)23-12-11-19(26)25-17-7-5-4-6-8-17;/h9-10,13,17H,3-8,11-12,14H2,1-2H3,(H,25,26)(H2,22,23,24);1H. The van der Waals surface area contributed by atoms with Crippen molar-refractivity contribution >= 4 is 35.8 Å². The molecule has 1 aliphatic carbocycles. The molecule has 0 aliphatic heterocycles. The van der Waals surface area contributed by atoms with Gasteiger partial charge in [0.25, 0.3) is 0 Å². The number of hydrogen-bond acceptors (Lipinski definition) is 2. The van der Waals surface area contributed by atoms with Crippen LogP contribution in [0.25, 0.3) is 0 Å². The lowest BCUT2D eigenvalue weighted by Gasteiger charge is -2.22. The van der Waals surface area contributed by atoms with Gasteiger partial charge in [-0.05, 0) is 43.9 Å². The topological polar surface area (TPSA) is 65.5 Å². The maximum Gasteiger partial charge on any atom is 0.221 e. The summed E-state index contributed by atoms with van der Waals surface area (Å²) < 4.78 is 13.3. The summed E-state index contributed by atoms with van der Waals surface area (Å²) in [5.41, 5.74) is 1.58. The van der Waals surface area contributed by atoms with Gasteiger partial charge in [0.05, 0.1) is 6.54 Å². The molecule has 0 atom stereocenters. The molecule has 0 unspecified atom stereocenters. The Morgan fingerprint density at radius 2 is 1.96 bits per heavy atom. The van der Waals surface area contributed by atoms with E-state index >= 15 is 0 Å². The number of carbonyl (C=O) groups excluding carboxylic acids is 1. The van der Waals surface area contributed by atoms with E-state index in [1.165, 1.54) is 25.3 Å². The van der Waals surface area contributed by atoms with Gasteiger partial charge >= 0.3 is 0 Å². The molecule has 0 bridgehead atoms. The van der Waals surface area contributed by atoms with Crippen LogP contribution in [0.15, 0.2) is 23.2 Å². The van der Waals surface area contributed by atoms with Gasteiger partial charge in [-0.3, -0.25) is 4.79 Å². The average Bonchev–Trinajstić information content (AvgIpc) is 2.63. The Labute approximate surface area is 179 Å². The molecule has 1 amide bonds. The quantitative estimate of drug-likeness (QED) is 0.311. The fourth-order valence-corrected chi connectivity index (χ4v) is 3.16. The summed E-state index contributed by atoms with van der Waals surface area (Å²) in [5, 5.41) is 9.48. The first-order valence-electron chi connectivity index (χ1n) is 9.65. The fraction of sp³-hybridized carbons (Fsp3) is 0.600. The molecule has 0 saturated heterocycles. The number of hydrogen-bond donors (Lipinski definition) is 3. The molecule has 27 heavy (non-hydrogen) atoms. The molecular weight excluding hydrogens is 458 g/mol. The number of carbonyl (C=O) groups is 1. The van der Waals surface area contributed by atoms with Gasteiger partial charge in [-0.25, -0.2) is 9.38 Å². The van der Waals surface area contributed by atoms with Crippen molar-refractivity contribution < 1.29 is 9.18 Å². The first-order valence-corrected chi connectivity index (χ1v) is 9.65. The van der Waals surface area contributed by atoms with Gasteiger partial charge in [0.1, 0.15) is 5.82 Å². The highest BCUT2D eigenvalue weighted by Gasteiger charge is 2.15. The number of guanidine groups is 1. The normalized spacial score (nSPS) is 15.0. The molecule has 0 heterocycles. The van der Waals surface area contributed by atoms with Crippen molar-refractivity contribution in [2.45, 2.75) is 65.0 Å². The van der Waals surface area contributed by atoms with Crippen molar-refractivity contribution in [3.8, 4) is 0 Å². The number of rotatable bonds is 7. The minimum Gasteiger partial charge on any atom is -0.357 e. The Hall–Kier alpha value is -1.38. The fourth-order valence-electron chi connectivity index (χ4n) is 3.16. The Kier molecular flexibility index (Phi) is 11.3. The van der Waals surface area contributed by atoms with E-state index in [0.29, 0.717) is 37.1 Å². The molecule has 3 N–H and O–H groups in total. The third-order valence-electron chi connectivity index (χ3n) is 4.60. The van der Waals surface area contributed by atoms with Gasteiger partial charge in [0.2, 0.25) is 5.91 Å². The zero-order valence-electron chi connectivity index (χ0n) is 16.3. The molecule has 2 rings (SSSR count). The minimum atomic E-state index is -0.202. The van der Waals surface area contributed by atoms with Gasteiger partial charge in [0.15, 0.2) is 5.96 Å². The van der Waals surface area contributed by atoms with Crippen LogP contribution in [0.4, 0.5) is 4.39 Å². The number of amides is 1. The number of halogens is 2. The summed E-state index contributed by atoms with van der Waals surface area (Å²) in [6, 6.07) is 5.36. The van der Waals surface area contributed by atoms with Gasteiger partial charge in [-0.1, -0.05) is 31.4 Å². The highest BCUT2D eigenvalue weighted by molar-refractivity contribution is 14.0. The van der Waals surface area contributed by atoms with Crippen molar-refractivity contribution in [2.75, 3.05) is 13.1 Å². The second-order valence-corrected chi connectivity index (χ2v) is 6.86. The third kappa shape index (κ3) is 8.90. The zero-order chi connectivity index (χ0) is 18.8. The molecule has 1 saturated carbocycles. The van der Waals surface area contributed by atoms with Crippen LogP contribution in [-0.2, 0) is 11.3 Å². The summed E-state index contributed by atoms with van der Waals surface area (Å²) in [5.74, 6) is 0.557. The highest BCUT2D eigenvalue weighted by atomic mass is 127.